The monoisotopic (exact) mass is 389 g/mol. The van der Waals surface area contributed by atoms with Crippen LogP contribution in [0.15, 0.2) is 47.4 Å². The van der Waals surface area contributed by atoms with Crippen LogP contribution in [0.1, 0.15) is 18.1 Å². The molecule has 0 radical (unpaired) electrons. The molecule has 0 bridgehead atoms. The number of halogens is 1. The normalized spacial score (nSPS) is 15.8. The number of thioether (sulfide) groups is 1. The number of phenolic OH excluding ortho intramolecular Hbond substituents is 1. The van der Waals surface area contributed by atoms with Crippen LogP contribution in [0.4, 0.5) is 4.79 Å². The molecule has 2 aromatic rings. The number of aromatic hydroxyl groups is 1. The molecule has 1 aliphatic rings. The Bertz CT molecular complexity index is 880. The molecule has 26 heavy (non-hydrogen) atoms. The Morgan fingerprint density at radius 3 is 2.62 bits per heavy atom. The van der Waals surface area contributed by atoms with Crippen LogP contribution in [0.25, 0.3) is 6.08 Å². The zero-order valence-corrected chi connectivity index (χ0v) is 15.5. The SMILES string of the molecule is CCOc1cccc(/C=C2\SC(=O)N(Cc3ccc(Cl)cc3)C2=O)c1O. The van der Waals surface area contributed by atoms with Crippen molar-refractivity contribution in [2.24, 2.45) is 0 Å². The summed E-state index contributed by atoms with van der Waals surface area (Å²) in [6, 6.07) is 12.0. The van der Waals surface area contributed by atoms with E-state index in [2.05, 4.69) is 0 Å². The fourth-order valence-corrected chi connectivity index (χ4v) is 3.43. The number of amides is 2. The first-order chi connectivity index (χ1) is 12.5. The summed E-state index contributed by atoms with van der Waals surface area (Å²) in [6.45, 7) is 2.40. The second kappa shape index (κ2) is 7.85. The maximum absolute atomic E-state index is 12.6. The summed E-state index contributed by atoms with van der Waals surface area (Å²) >= 11 is 6.70. The number of phenols is 1. The molecule has 134 valence electrons. The molecular formula is C19H16ClNO4S. The van der Waals surface area contributed by atoms with Crippen molar-refractivity contribution >= 4 is 40.6 Å². The molecule has 5 nitrogen and oxygen atoms in total. The van der Waals surface area contributed by atoms with Crippen LogP contribution in [-0.2, 0) is 11.3 Å². The lowest BCUT2D eigenvalue weighted by molar-refractivity contribution is -0.123. The number of rotatable bonds is 5. The Morgan fingerprint density at radius 1 is 1.19 bits per heavy atom. The van der Waals surface area contributed by atoms with Gasteiger partial charge < -0.3 is 9.84 Å². The molecule has 0 spiro atoms. The van der Waals surface area contributed by atoms with Crippen molar-refractivity contribution in [1.29, 1.82) is 0 Å². The van der Waals surface area contributed by atoms with Crippen molar-refractivity contribution in [2.75, 3.05) is 6.61 Å². The van der Waals surface area contributed by atoms with Gasteiger partial charge in [0.05, 0.1) is 18.1 Å². The van der Waals surface area contributed by atoms with Gasteiger partial charge >= 0.3 is 0 Å². The standard InChI is InChI=1S/C19H16ClNO4S/c1-2-25-15-5-3-4-13(17(15)22)10-16-18(23)21(19(24)26-16)11-12-6-8-14(20)9-7-12/h3-10,22H,2,11H2,1H3/b16-10-. The van der Waals surface area contributed by atoms with Crippen molar-refractivity contribution in [3.8, 4) is 11.5 Å². The first-order valence-electron chi connectivity index (χ1n) is 7.94. The zero-order valence-electron chi connectivity index (χ0n) is 13.9. The summed E-state index contributed by atoms with van der Waals surface area (Å²) in [7, 11) is 0. The van der Waals surface area contributed by atoms with Crippen LogP contribution in [0, 0.1) is 0 Å². The second-order valence-electron chi connectivity index (χ2n) is 5.52. The van der Waals surface area contributed by atoms with Gasteiger partial charge in [-0.15, -0.1) is 0 Å². The smallest absolute Gasteiger partial charge is 0.293 e. The summed E-state index contributed by atoms with van der Waals surface area (Å²) in [5.74, 6) is -0.114. The van der Waals surface area contributed by atoms with Gasteiger partial charge in [0.25, 0.3) is 11.1 Å². The minimum atomic E-state index is -0.392. The molecule has 1 aliphatic heterocycles. The molecule has 0 saturated carbocycles. The van der Waals surface area contributed by atoms with Gasteiger partial charge in [0.1, 0.15) is 0 Å². The molecule has 0 aliphatic carbocycles. The summed E-state index contributed by atoms with van der Waals surface area (Å²) < 4.78 is 5.34. The third-order valence-corrected chi connectivity index (χ3v) is 4.90. The fourth-order valence-electron chi connectivity index (χ4n) is 2.48. The van der Waals surface area contributed by atoms with E-state index in [1.165, 1.54) is 11.0 Å². The van der Waals surface area contributed by atoms with Crippen molar-refractivity contribution in [3.05, 3.63) is 63.5 Å². The number of carbonyl (C=O) groups excluding carboxylic acids is 2. The summed E-state index contributed by atoms with van der Waals surface area (Å²) in [4.78, 5) is 26.2. The molecule has 7 heteroatoms. The lowest BCUT2D eigenvalue weighted by Gasteiger charge is -2.12. The number of para-hydroxylation sites is 1. The number of carbonyl (C=O) groups is 2. The number of hydrogen-bond donors (Lipinski definition) is 1. The molecule has 1 heterocycles. The van der Waals surface area contributed by atoms with Crippen molar-refractivity contribution in [3.63, 3.8) is 0 Å². The Kier molecular flexibility index (Phi) is 5.54. The fraction of sp³-hybridized carbons (Fsp3) is 0.158. The van der Waals surface area contributed by atoms with Gasteiger partial charge in [0.2, 0.25) is 0 Å². The molecule has 3 rings (SSSR count). The van der Waals surface area contributed by atoms with E-state index in [-0.39, 0.29) is 22.4 Å². The average Bonchev–Trinajstić information content (AvgIpc) is 2.88. The molecule has 0 aromatic heterocycles. The van der Waals surface area contributed by atoms with E-state index in [0.29, 0.717) is 22.9 Å². The van der Waals surface area contributed by atoms with Crippen molar-refractivity contribution < 1.29 is 19.4 Å². The van der Waals surface area contributed by atoms with Gasteiger partial charge in [-0.1, -0.05) is 35.9 Å². The molecule has 2 amide bonds. The zero-order chi connectivity index (χ0) is 18.7. The van der Waals surface area contributed by atoms with Gasteiger partial charge in [0, 0.05) is 10.6 Å². The average molecular weight is 390 g/mol. The molecule has 2 aromatic carbocycles. The second-order valence-corrected chi connectivity index (χ2v) is 6.95. The number of ether oxygens (including phenoxy) is 1. The molecule has 0 unspecified atom stereocenters. The van der Waals surface area contributed by atoms with Gasteiger partial charge in [-0.3, -0.25) is 14.5 Å². The van der Waals surface area contributed by atoms with Crippen LogP contribution in [-0.4, -0.2) is 27.8 Å². The van der Waals surface area contributed by atoms with Crippen molar-refractivity contribution in [2.45, 2.75) is 13.5 Å². The predicted octanol–water partition coefficient (Wildman–Crippen LogP) is 4.68. The number of nitrogens with zero attached hydrogens (tertiary/aromatic N) is 1. The minimum absolute atomic E-state index is 0.0566. The Balaban J connectivity index is 1.83. The summed E-state index contributed by atoms with van der Waals surface area (Å²) in [5, 5.41) is 10.5. The molecule has 1 saturated heterocycles. The van der Waals surface area contributed by atoms with E-state index in [9.17, 15) is 14.7 Å². The molecule has 1 fully saturated rings. The first kappa shape index (κ1) is 18.4. The van der Waals surface area contributed by atoms with E-state index in [1.807, 2.05) is 6.92 Å². The van der Waals surface area contributed by atoms with E-state index in [0.717, 1.165) is 17.3 Å². The quantitative estimate of drug-likeness (QED) is 0.752. The van der Waals surface area contributed by atoms with Gasteiger partial charge in [-0.2, -0.15) is 0 Å². The van der Waals surface area contributed by atoms with Crippen LogP contribution in [0.2, 0.25) is 5.02 Å². The Morgan fingerprint density at radius 2 is 1.92 bits per heavy atom. The van der Waals surface area contributed by atoms with E-state index in [1.54, 1.807) is 42.5 Å². The van der Waals surface area contributed by atoms with Gasteiger partial charge in [-0.25, -0.2) is 0 Å². The van der Waals surface area contributed by atoms with E-state index < -0.39 is 5.91 Å². The number of benzene rings is 2. The lowest BCUT2D eigenvalue weighted by Crippen LogP contribution is -2.27. The van der Waals surface area contributed by atoms with Crippen molar-refractivity contribution in [1.82, 2.24) is 4.90 Å². The Hall–Kier alpha value is -2.44. The molecular weight excluding hydrogens is 374 g/mol. The predicted molar refractivity (Wildman–Crippen MR) is 102 cm³/mol. The number of imide groups is 1. The maximum atomic E-state index is 12.6. The van der Waals surface area contributed by atoms with E-state index in [4.69, 9.17) is 16.3 Å². The van der Waals surface area contributed by atoms with Crippen LogP contribution in [0.3, 0.4) is 0 Å². The topological polar surface area (TPSA) is 66.8 Å². The lowest BCUT2D eigenvalue weighted by atomic mass is 10.1. The third kappa shape index (κ3) is 3.86. The highest BCUT2D eigenvalue weighted by atomic mass is 35.5. The van der Waals surface area contributed by atoms with E-state index >= 15 is 0 Å². The van der Waals surface area contributed by atoms with Crippen LogP contribution >= 0.6 is 23.4 Å². The summed E-state index contributed by atoms with van der Waals surface area (Å²) in [6.07, 6.45) is 1.50. The maximum Gasteiger partial charge on any atom is 0.293 e. The summed E-state index contributed by atoms with van der Waals surface area (Å²) in [5.41, 5.74) is 1.23. The Labute approximate surface area is 160 Å². The third-order valence-electron chi connectivity index (χ3n) is 3.74. The highest BCUT2D eigenvalue weighted by Gasteiger charge is 2.35. The largest absolute Gasteiger partial charge is 0.504 e. The number of hydrogen-bond acceptors (Lipinski definition) is 5. The van der Waals surface area contributed by atoms with Crippen LogP contribution < -0.4 is 4.74 Å². The van der Waals surface area contributed by atoms with Crippen LogP contribution in [0.5, 0.6) is 11.5 Å². The van der Waals surface area contributed by atoms with Gasteiger partial charge in [0.15, 0.2) is 11.5 Å². The first-order valence-corrected chi connectivity index (χ1v) is 9.13. The van der Waals surface area contributed by atoms with Gasteiger partial charge in [-0.05, 0) is 48.5 Å². The molecule has 1 N–H and O–H groups in total. The minimum Gasteiger partial charge on any atom is -0.504 e. The highest BCUT2D eigenvalue weighted by Crippen LogP contribution is 2.37. The highest BCUT2D eigenvalue weighted by molar-refractivity contribution is 8.18. The molecule has 0 atom stereocenters.